The number of amides is 1. The van der Waals surface area contributed by atoms with Gasteiger partial charge in [-0.05, 0) is 51.6 Å². The van der Waals surface area contributed by atoms with Crippen LogP contribution in [0.1, 0.15) is 59.6 Å². The zero-order chi connectivity index (χ0) is 23.5. The van der Waals surface area contributed by atoms with Crippen LogP contribution in [0, 0.1) is 0 Å². The van der Waals surface area contributed by atoms with E-state index in [1.54, 1.807) is 0 Å². The SMILES string of the molecule is C=C(NNC(=O)c1nnn(-c2nonc2N)c1-c1cccs1)c1ccc(C2CCCCC2)cc1. The minimum Gasteiger partial charge on any atom is -0.378 e. The number of carbonyl (C=O) groups is 1. The highest BCUT2D eigenvalue weighted by Crippen LogP contribution is 2.33. The van der Waals surface area contributed by atoms with Crippen LogP contribution in [0.5, 0.6) is 0 Å². The molecule has 34 heavy (non-hydrogen) atoms. The van der Waals surface area contributed by atoms with Crippen molar-refractivity contribution in [3.63, 3.8) is 0 Å². The van der Waals surface area contributed by atoms with Crippen LogP contribution in [-0.2, 0) is 0 Å². The number of anilines is 1. The number of rotatable bonds is 7. The number of benzene rings is 1. The van der Waals surface area contributed by atoms with Crippen molar-refractivity contribution in [2.75, 3.05) is 5.73 Å². The van der Waals surface area contributed by atoms with Gasteiger partial charge in [-0.2, -0.15) is 4.68 Å². The summed E-state index contributed by atoms with van der Waals surface area (Å²) in [5.41, 5.74) is 14.7. The molecule has 4 aromatic rings. The summed E-state index contributed by atoms with van der Waals surface area (Å²) in [6, 6.07) is 12.1. The molecule has 1 aliphatic carbocycles. The third kappa shape index (κ3) is 4.29. The lowest BCUT2D eigenvalue weighted by atomic mass is 9.84. The molecule has 0 atom stereocenters. The maximum Gasteiger partial charge on any atom is 0.292 e. The molecule has 10 nitrogen and oxygen atoms in total. The number of hydrogen-bond donors (Lipinski definition) is 3. The van der Waals surface area contributed by atoms with E-state index in [9.17, 15) is 4.79 Å². The van der Waals surface area contributed by atoms with Crippen LogP contribution in [0.4, 0.5) is 5.82 Å². The molecule has 1 aromatic carbocycles. The van der Waals surface area contributed by atoms with E-state index in [4.69, 9.17) is 5.73 Å². The maximum absolute atomic E-state index is 13.0. The van der Waals surface area contributed by atoms with Crippen LogP contribution < -0.4 is 16.6 Å². The minimum absolute atomic E-state index is 0.0397. The van der Waals surface area contributed by atoms with Gasteiger partial charge < -0.3 is 5.73 Å². The lowest BCUT2D eigenvalue weighted by Crippen LogP contribution is -2.36. The molecule has 1 amide bonds. The number of hydrazine groups is 1. The van der Waals surface area contributed by atoms with Crippen molar-refractivity contribution < 1.29 is 9.42 Å². The molecule has 1 saturated carbocycles. The van der Waals surface area contributed by atoms with Crippen LogP contribution in [0.3, 0.4) is 0 Å². The topological polar surface area (TPSA) is 137 Å². The summed E-state index contributed by atoms with van der Waals surface area (Å²) in [6.45, 7) is 4.05. The second-order valence-electron chi connectivity index (χ2n) is 8.16. The summed E-state index contributed by atoms with van der Waals surface area (Å²) in [6.07, 6.45) is 6.42. The van der Waals surface area contributed by atoms with E-state index >= 15 is 0 Å². The molecule has 3 heterocycles. The number of aromatic nitrogens is 5. The van der Waals surface area contributed by atoms with E-state index in [0.29, 0.717) is 17.3 Å². The Kier molecular flexibility index (Phi) is 6.09. The van der Waals surface area contributed by atoms with Gasteiger partial charge in [-0.3, -0.25) is 15.6 Å². The fourth-order valence-electron chi connectivity index (χ4n) is 4.21. The van der Waals surface area contributed by atoms with Gasteiger partial charge in [-0.15, -0.1) is 16.4 Å². The van der Waals surface area contributed by atoms with Crippen LogP contribution >= 0.6 is 11.3 Å². The number of nitrogens with two attached hydrogens (primary N) is 1. The Morgan fingerprint density at radius 1 is 1.12 bits per heavy atom. The van der Waals surface area contributed by atoms with Gasteiger partial charge in [-0.1, -0.05) is 61.4 Å². The summed E-state index contributed by atoms with van der Waals surface area (Å²) in [7, 11) is 0. The van der Waals surface area contributed by atoms with Crippen molar-refractivity contribution in [1.82, 2.24) is 36.2 Å². The van der Waals surface area contributed by atoms with Gasteiger partial charge in [-0.25, -0.2) is 4.63 Å². The molecule has 3 aromatic heterocycles. The molecule has 5 rings (SSSR count). The quantitative estimate of drug-likeness (QED) is 0.341. The van der Waals surface area contributed by atoms with E-state index in [2.05, 4.69) is 54.8 Å². The molecular weight excluding hydrogens is 452 g/mol. The molecule has 0 spiro atoms. The first kappa shape index (κ1) is 21.8. The zero-order valence-corrected chi connectivity index (χ0v) is 19.2. The van der Waals surface area contributed by atoms with E-state index in [0.717, 1.165) is 10.4 Å². The smallest absolute Gasteiger partial charge is 0.292 e. The largest absolute Gasteiger partial charge is 0.378 e. The summed E-state index contributed by atoms with van der Waals surface area (Å²) >= 11 is 1.43. The van der Waals surface area contributed by atoms with Crippen LogP contribution in [0.25, 0.3) is 22.1 Å². The highest BCUT2D eigenvalue weighted by Gasteiger charge is 2.26. The number of nitrogen functional groups attached to an aromatic ring is 1. The number of nitrogens with zero attached hydrogens (tertiary/aromatic N) is 5. The van der Waals surface area contributed by atoms with Gasteiger partial charge in [0.2, 0.25) is 11.6 Å². The number of carbonyl (C=O) groups excluding carboxylic acids is 1. The average Bonchev–Trinajstić information content (AvgIpc) is 3.63. The first-order valence-electron chi connectivity index (χ1n) is 11.1. The second-order valence-corrected chi connectivity index (χ2v) is 9.11. The number of thiophene rings is 1. The molecule has 11 heteroatoms. The van der Waals surface area contributed by atoms with Crippen molar-refractivity contribution in [3.05, 3.63) is 65.2 Å². The molecule has 0 bridgehead atoms. The lowest BCUT2D eigenvalue weighted by Gasteiger charge is -2.22. The third-order valence-corrected chi connectivity index (χ3v) is 6.88. The van der Waals surface area contributed by atoms with Crippen molar-refractivity contribution in [2.24, 2.45) is 0 Å². The monoisotopic (exact) mass is 476 g/mol. The van der Waals surface area contributed by atoms with Gasteiger partial charge in [0.25, 0.3) is 5.91 Å². The Morgan fingerprint density at radius 2 is 1.91 bits per heavy atom. The molecular formula is C23H24N8O2S. The lowest BCUT2D eigenvalue weighted by molar-refractivity contribution is 0.0938. The number of hydrogen-bond acceptors (Lipinski definition) is 9. The Morgan fingerprint density at radius 3 is 2.59 bits per heavy atom. The molecule has 1 aliphatic rings. The molecule has 1 fully saturated rings. The van der Waals surface area contributed by atoms with Crippen LogP contribution in [-0.4, -0.2) is 31.2 Å². The molecule has 4 N–H and O–H groups in total. The highest BCUT2D eigenvalue weighted by molar-refractivity contribution is 7.13. The normalized spacial score (nSPS) is 14.1. The Balaban J connectivity index is 1.31. The van der Waals surface area contributed by atoms with Crippen LogP contribution in [0.15, 0.2) is 53.0 Å². The Labute approximate surface area is 199 Å². The summed E-state index contributed by atoms with van der Waals surface area (Å²) in [4.78, 5) is 13.8. The number of nitrogens with one attached hydrogen (secondary N) is 2. The summed E-state index contributed by atoms with van der Waals surface area (Å²) in [5, 5.41) is 17.4. The predicted molar refractivity (Wildman–Crippen MR) is 129 cm³/mol. The third-order valence-electron chi connectivity index (χ3n) is 6.00. The van der Waals surface area contributed by atoms with Gasteiger partial charge in [0.05, 0.1) is 10.6 Å². The molecule has 0 radical (unpaired) electrons. The predicted octanol–water partition coefficient (Wildman–Crippen LogP) is 3.91. The first-order valence-corrected chi connectivity index (χ1v) is 11.9. The summed E-state index contributed by atoms with van der Waals surface area (Å²) in [5.74, 6) is 0.351. The Hall–Kier alpha value is -3.99. The van der Waals surface area contributed by atoms with E-state index in [1.807, 2.05) is 29.6 Å². The summed E-state index contributed by atoms with van der Waals surface area (Å²) < 4.78 is 6.02. The van der Waals surface area contributed by atoms with Gasteiger partial charge in [0.1, 0.15) is 5.69 Å². The van der Waals surface area contributed by atoms with Crippen molar-refractivity contribution in [1.29, 1.82) is 0 Å². The van der Waals surface area contributed by atoms with Crippen molar-refractivity contribution >= 4 is 28.8 Å². The standard InChI is InChI=1S/C23H24N8O2S/c1-14(15-9-11-17(12-10-15)16-6-3-2-4-7-16)25-27-23(32)19-20(18-8-5-13-34-18)31(30-26-19)22-21(24)28-33-29-22/h5,8-13,16,25H,1-4,6-7H2,(H2,24,28)(H,27,32). The van der Waals surface area contributed by atoms with Crippen LogP contribution in [0.2, 0.25) is 0 Å². The second kappa shape index (κ2) is 9.48. The van der Waals surface area contributed by atoms with E-state index in [1.165, 1.54) is 53.7 Å². The zero-order valence-electron chi connectivity index (χ0n) is 18.4. The van der Waals surface area contributed by atoms with Crippen molar-refractivity contribution in [2.45, 2.75) is 38.0 Å². The molecule has 0 aliphatic heterocycles. The molecule has 0 unspecified atom stereocenters. The molecule has 174 valence electrons. The first-order chi connectivity index (χ1) is 16.6. The fraction of sp³-hybridized carbons (Fsp3) is 0.261. The Bertz CT molecular complexity index is 1290. The average molecular weight is 477 g/mol. The van der Waals surface area contributed by atoms with E-state index in [-0.39, 0.29) is 17.3 Å². The van der Waals surface area contributed by atoms with Crippen molar-refractivity contribution in [3.8, 4) is 16.4 Å². The maximum atomic E-state index is 13.0. The van der Waals surface area contributed by atoms with Gasteiger partial charge >= 0.3 is 0 Å². The fourth-order valence-corrected chi connectivity index (χ4v) is 4.97. The van der Waals surface area contributed by atoms with Gasteiger partial charge in [0, 0.05) is 0 Å². The van der Waals surface area contributed by atoms with E-state index < -0.39 is 5.91 Å². The molecule has 0 saturated heterocycles. The van der Waals surface area contributed by atoms with Gasteiger partial charge in [0.15, 0.2) is 5.69 Å². The highest BCUT2D eigenvalue weighted by atomic mass is 32.1. The minimum atomic E-state index is -0.482.